The molecule has 0 fully saturated rings. The molecule has 5 heterocycles. The van der Waals surface area contributed by atoms with Gasteiger partial charge in [-0.2, -0.15) is 0 Å². The van der Waals surface area contributed by atoms with E-state index in [4.69, 9.17) is 15.0 Å². The highest BCUT2D eigenvalue weighted by molar-refractivity contribution is 6.20. The van der Waals surface area contributed by atoms with Crippen molar-refractivity contribution in [1.82, 2.24) is 29.5 Å². The molecule has 0 spiro atoms. The molecule has 6 nitrogen and oxygen atoms in total. The van der Waals surface area contributed by atoms with Gasteiger partial charge in [-0.25, -0.2) is 15.0 Å². The molecule has 0 aliphatic rings. The van der Waals surface area contributed by atoms with Gasteiger partial charge >= 0.3 is 0 Å². The summed E-state index contributed by atoms with van der Waals surface area (Å²) in [5.74, 6) is 1.03. The lowest BCUT2D eigenvalue weighted by atomic mass is 9.95. The lowest BCUT2D eigenvalue weighted by Gasteiger charge is -2.13. The number of hydrogen-bond donors (Lipinski definition) is 0. The van der Waals surface area contributed by atoms with Crippen LogP contribution in [-0.4, -0.2) is 29.5 Å². The van der Waals surface area contributed by atoms with E-state index in [1.807, 2.05) is 36.7 Å². The third kappa shape index (κ3) is 5.81. The molecule has 0 atom stereocenters. The Balaban J connectivity index is 1.09. The minimum absolute atomic E-state index is 0.810. The molecule has 0 N–H and O–H groups in total. The van der Waals surface area contributed by atoms with Crippen molar-refractivity contribution in [1.29, 1.82) is 0 Å². The van der Waals surface area contributed by atoms with Gasteiger partial charge in [0, 0.05) is 64.4 Å². The van der Waals surface area contributed by atoms with Crippen molar-refractivity contribution in [3.8, 4) is 61.7 Å². The number of rotatable bonds is 7. The van der Waals surface area contributed by atoms with Crippen molar-refractivity contribution in [2.24, 2.45) is 0 Å². The normalized spacial score (nSPS) is 11.4. The van der Waals surface area contributed by atoms with Gasteiger partial charge < -0.3 is 0 Å². The first-order chi connectivity index (χ1) is 27.2. The van der Waals surface area contributed by atoms with Crippen LogP contribution in [-0.2, 0) is 6.42 Å². The summed E-state index contributed by atoms with van der Waals surface area (Å²) in [6.45, 7) is 2.17. The van der Waals surface area contributed by atoms with Crippen LogP contribution in [0, 0.1) is 0 Å². The Hall–Kier alpha value is -7.31. The summed E-state index contributed by atoms with van der Waals surface area (Å²) in [5, 5.41) is 3.35. The average molecular weight is 707 g/mol. The first-order valence-corrected chi connectivity index (χ1v) is 18.5. The average Bonchev–Trinajstić information content (AvgIpc) is 3.66. The summed E-state index contributed by atoms with van der Waals surface area (Å²) in [5.41, 5.74) is 14.2. The van der Waals surface area contributed by atoms with Crippen LogP contribution in [0.25, 0.3) is 94.4 Å². The standard InChI is InChI=1S/C49H34N6/c1-2-46-54-49-45(55(46)39-15-4-3-5-16-39)24-23-41-40-17-6-7-18-42(40)53-48(47(41)49)33-21-19-32(20-22-33)34-11-8-12-35(27-34)38-28-43(36-13-9-25-50-30-36)52-44(29-38)37-14-10-26-51-31-37/h3-31H,2H2,1H3. The Labute approximate surface area is 318 Å². The largest absolute Gasteiger partial charge is 0.296 e. The van der Waals surface area contributed by atoms with Crippen molar-refractivity contribution >= 4 is 32.7 Å². The molecule has 10 rings (SSSR count). The monoisotopic (exact) mass is 706 g/mol. The molecule has 6 heteroatoms. The molecule has 5 aromatic heterocycles. The molecule has 0 radical (unpaired) electrons. The van der Waals surface area contributed by atoms with Crippen molar-refractivity contribution in [2.75, 3.05) is 0 Å². The van der Waals surface area contributed by atoms with Crippen LogP contribution < -0.4 is 0 Å². The predicted molar refractivity (Wildman–Crippen MR) is 224 cm³/mol. The zero-order valence-corrected chi connectivity index (χ0v) is 30.1. The first kappa shape index (κ1) is 32.3. The Kier molecular flexibility index (Phi) is 7.99. The summed E-state index contributed by atoms with van der Waals surface area (Å²) in [6, 6.07) is 53.1. The van der Waals surface area contributed by atoms with E-state index in [0.717, 1.165) is 107 Å². The number of aromatic nitrogens is 6. The second-order valence-corrected chi connectivity index (χ2v) is 13.7. The zero-order valence-electron chi connectivity index (χ0n) is 30.1. The number of aryl methyl sites for hydroxylation is 1. The van der Waals surface area contributed by atoms with Crippen molar-refractivity contribution in [3.63, 3.8) is 0 Å². The lowest BCUT2D eigenvalue weighted by molar-refractivity contribution is 0.908. The smallest absolute Gasteiger partial charge is 0.114 e. The van der Waals surface area contributed by atoms with Crippen LogP contribution in [0.2, 0.25) is 0 Å². The van der Waals surface area contributed by atoms with Gasteiger partial charge in [0.25, 0.3) is 0 Å². The van der Waals surface area contributed by atoms with Crippen LogP contribution in [0.15, 0.2) is 176 Å². The van der Waals surface area contributed by atoms with Crippen LogP contribution in [0.4, 0.5) is 0 Å². The fourth-order valence-corrected chi connectivity index (χ4v) is 7.66. The van der Waals surface area contributed by atoms with Gasteiger partial charge in [-0.1, -0.05) is 91.9 Å². The molecule has 0 aliphatic heterocycles. The van der Waals surface area contributed by atoms with E-state index in [1.165, 1.54) is 0 Å². The lowest BCUT2D eigenvalue weighted by Crippen LogP contribution is -1.99. The van der Waals surface area contributed by atoms with E-state index < -0.39 is 0 Å². The van der Waals surface area contributed by atoms with E-state index >= 15 is 0 Å². The van der Waals surface area contributed by atoms with E-state index in [-0.39, 0.29) is 0 Å². The molecule has 0 aliphatic carbocycles. The second-order valence-electron chi connectivity index (χ2n) is 13.7. The molecule has 10 aromatic rings. The summed E-state index contributed by atoms with van der Waals surface area (Å²) < 4.78 is 2.28. The molecule has 0 bridgehead atoms. The third-order valence-corrected chi connectivity index (χ3v) is 10.3. The molecular formula is C49H34N6. The van der Waals surface area contributed by atoms with E-state index in [9.17, 15) is 0 Å². The highest BCUT2D eigenvalue weighted by Crippen LogP contribution is 2.39. The quantitative estimate of drug-likeness (QED) is 0.154. The summed E-state index contributed by atoms with van der Waals surface area (Å²) in [4.78, 5) is 24.3. The molecule has 0 amide bonds. The number of pyridine rings is 4. The number of fused-ring (bicyclic) bond motifs is 5. The highest BCUT2D eigenvalue weighted by Gasteiger charge is 2.19. The van der Waals surface area contributed by atoms with Gasteiger partial charge in [0.2, 0.25) is 0 Å². The van der Waals surface area contributed by atoms with Gasteiger partial charge in [0.1, 0.15) is 5.82 Å². The van der Waals surface area contributed by atoms with Gasteiger partial charge in [0.05, 0.1) is 33.6 Å². The number of para-hydroxylation sites is 2. The Morgan fingerprint density at radius 1 is 0.473 bits per heavy atom. The SMILES string of the molecule is CCc1nc2c3c(-c4ccc(-c5cccc(-c6cc(-c7cccnc7)nc(-c7cccnc7)c6)c5)cc4)nc4ccccc4c3ccc2n1-c1ccccc1. The maximum absolute atomic E-state index is 5.32. The summed E-state index contributed by atoms with van der Waals surface area (Å²) >= 11 is 0. The molecule has 0 saturated carbocycles. The summed E-state index contributed by atoms with van der Waals surface area (Å²) in [6.07, 6.45) is 8.08. The molecule has 55 heavy (non-hydrogen) atoms. The number of imidazole rings is 1. The number of hydrogen-bond acceptors (Lipinski definition) is 5. The van der Waals surface area contributed by atoms with Crippen molar-refractivity contribution in [2.45, 2.75) is 13.3 Å². The Morgan fingerprint density at radius 3 is 1.82 bits per heavy atom. The second kappa shape index (κ2) is 13.6. The number of benzene rings is 5. The summed E-state index contributed by atoms with van der Waals surface area (Å²) in [7, 11) is 0. The van der Waals surface area contributed by atoms with Crippen LogP contribution in [0.3, 0.4) is 0 Å². The minimum atomic E-state index is 0.810. The van der Waals surface area contributed by atoms with Gasteiger partial charge in [-0.05, 0) is 94.4 Å². The molecular weight excluding hydrogens is 673 g/mol. The van der Waals surface area contributed by atoms with Crippen LogP contribution >= 0.6 is 0 Å². The Bertz CT molecular complexity index is 2940. The molecule has 0 unspecified atom stereocenters. The predicted octanol–water partition coefficient (Wildman–Crippen LogP) is 11.8. The molecule has 260 valence electrons. The van der Waals surface area contributed by atoms with E-state index in [2.05, 4.69) is 149 Å². The fourth-order valence-electron chi connectivity index (χ4n) is 7.66. The van der Waals surface area contributed by atoms with E-state index in [0.29, 0.717) is 0 Å². The highest BCUT2D eigenvalue weighted by atomic mass is 15.1. The van der Waals surface area contributed by atoms with Crippen molar-refractivity contribution < 1.29 is 0 Å². The topological polar surface area (TPSA) is 69.4 Å². The molecule has 0 saturated heterocycles. The van der Waals surface area contributed by atoms with Crippen LogP contribution in [0.5, 0.6) is 0 Å². The molecule has 5 aromatic carbocycles. The Morgan fingerprint density at radius 2 is 1.13 bits per heavy atom. The van der Waals surface area contributed by atoms with Crippen molar-refractivity contribution in [3.05, 3.63) is 182 Å². The zero-order chi connectivity index (χ0) is 36.7. The van der Waals surface area contributed by atoms with Gasteiger partial charge in [-0.3, -0.25) is 14.5 Å². The maximum atomic E-state index is 5.32. The maximum Gasteiger partial charge on any atom is 0.114 e. The number of nitrogens with zero attached hydrogens (tertiary/aromatic N) is 6. The van der Waals surface area contributed by atoms with E-state index in [1.54, 1.807) is 12.4 Å². The van der Waals surface area contributed by atoms with Gasteiger partial charge in [0.15, 0.2) is 0 Å². The van der Waals surface area contributed by atoms with Gasteiger partial charge in [-0.15, -0.1) is 0 Å². The van der Waals surface area contributed by atoms with Crippen LogP contribution in [0.1, 0.15) is 12.7 Å². The minimum Gasteiger partial charge on any atom is -0.296 e. The first-order valence-electron chi connectivity index (χ1n) is 18.5. The fraction of sp³-hybridized carbons (Fsp3) is 0.0408. The third-order valence-electron chi connectivity index (χ3n) is 10.3.